The second kappa shape index (κ2) is 6.93. The molecule has 0 aliphatic carbocycles. The third-order valence-corrected chi connectivity index (χ3v) is 4.16. The molecule has 2 aromatic rings. The highest BCUT2D eigenvalue weighted by atomic mass is 79.9. The number of hydrogen-bond donors (Lipinski definition) is 1. The Morgan fingerprint density at radius 2 is 2.05 bits per heavy atom. The summed E-state index contributed by atoms with van der Waals surface area (Å²) in [5, 5.41) is 0. The van der Waals surface area contributed by atoms with Gasteiger partial charge < -0.3 is 15.2 Å². The van der Waals surface area contributed by atoms with Gasteiger partial charge in [-0.2, -0.15) is 0 Å². The van der Waals surface area contributed by atoms with E-state index < -0.39 is 0 Å². The van der Waals surface area contributed by atoms with E-state index in [-0.39, 0.29) is 0 Å². The zero-order chi connectivity index (χ0) is 13.7. The summed E-state index contributed by atoms with van der Waals surface area (Å²) in [6.45, 7) is 3.52. The lowest BCUT2D eigenvalue weighted by Gasteiger charge is -2.14. The van der Waals surface area contributed by atoms with Crippen LogP contribution in [0.4, 0.5) is 0 Å². The lowest BCUT2D eigenvalue weighted by molar-refractivity contribution is 0.269. The van der Waals surface area contributed by atoms with Gasteiger partial charge in [0.2, 0.25) is 0 Å². The molecule has 0 saturated carbocycles. The van der Waals surface area contributed by atoms with Crippen LogP contribution in [0, 0.1) is 0 Å². The maximum absolute atomic E-state index is 5.90. The first-order valence-corrected chi connectivity index (χ1v) is 7.67. The quantitative estimate of drug-likeness (QED) is 0.865. The van der Waals surface area contributed by atoms with Crippen molar-refractivity contribution in [3.8, 4) is 11.5 Å². The zero-order valence-electron chi connectivity index (χ0n) is 10.7. The number of ether oxygens (including phenoxy) is 2. The van der Waals surface area contributed by atoms with Crippen molar-refractivity contribution in [2.24, 2.45) is 5.73 Å². The van der Waals surface area contributed by atoms with Crippen LogP contribution in [0.3, 0.4) is 0 Å². The van der Waals surface area contributed by atoms with Gasteiger partial charge >= 0.3 is 0 Å². The molecule has 2 rings (SSSR count). The fraction of sp³-hybridized carbons (Fsp3) is 0.286. The van der Waals surface area contributed by atoms with Gasteiger partial charge in [-0.1, -0.05) is 12.1 Å². The standard InChI is InChI=1S/C14H16BrNO2S/c1-2-17-12-5-3-4-10(8-16)14(12)18-9-11-6-7-13(15)19-11/h3-7H,2,8-9,16H2,1H3. The van der Waals surface area contributed by atoms with Gasteiger partial charge in [-0.25, -0.2) is 0 Å². The molecule has 0 fully saturated rings. The molecule has 0 unspecified atom stereocenters. The van der Waals surface area contributed by atoms with Gasteiger partial charge in [0.05, 0.1) is 10.4 Å². The minimum absolute atomic E-state index is 0.435. The normalized spacial score (nSPS) is 10.5. The summed E-state index contributed by atoms with van der Waals surface area (Å²) >= 11 is 5.10. The van der Waals surface area contributed by atoms with Crippen LogP contribution >= 0.6 is 27.3 Å². The van der Waals surface area contributed by atoms with Gasteiger partial charge in [-0.15, -0.1) is 11.3 Å². The number of hydrogen-bond acceptors (Lipinski definition) is 4. The van der Waals surface area contributed by atoms with Crippen LogP contribution in [-0.2, 0) is 13.2 Å². The second-order valence-corrected chi connectivity index (χ2v) is 6.42. The van der Waals surface area contributed by atoms with Gasteiger partial charge in [-0.3, -0.25) is 0 Å². The van der Waals surface area contributed by atoms with Gasteiger partial charge in [0, 0.05) is 17.0 Å². The molecule has 0 amide bonds. The van der Waals surface area contributed by atoms with Gasteiger partial charge in [-0.05, 0) is 41.1 Å². The maximum atomic E-state index is 5.90. The van der Waals surface area contributed by atoms with Gasteiger partial charge in [0.1, 0.15) is 6.61 Å². The molecule has 0 atom stereocenters. The Hall–Kier alpha value is -1.04. The van der Waals surface area contributed by atoms with Crippen LogP contribution in [0.2, 0.25) is 0 Å². The van der Waals surface area contributed by atoms with Crippen LogP contribution in [-0.4, -0.2) is 6.61 Å². The molecule has 0 radical (unpaired) electrons. The number of halogens is 1. The number of nitrogens with two attached hydrogens (primary N) is 1. The summed E-state index contributed by atoms with van der Waals surface area (Å²) in [5.41, 5.74) is 6.71. The summed E-state index contributed by atoms with van der Waals surface area (Å²) in [6, 6.07) is 9.86. The van der Waals surface area contributed by atoms with Crippen molar-refractivity contribution < 1.29 is 9.47 Å². The van der Waals surface area contributed by atoms with E-state index in [9.17, 15) is 0 Å². The van der Waals surface area contributed by atoms with Crippen molar-refractivity contribution in [2.75, 3.05) is 6.61 Å². The van der Waals surface area contributed by atoms with Crippen molar-refractivity contribution in [1.82, 2.24) is 0 Å². The van der Waals surface area contributed by atoms with E-state index >= 15 is 0 Å². The van der Waals surface area contributed by atoms with Crippen molar-refractivity contribution in [3.05, 3.63) is 44.6 Å². The predicted molar refractivity (Wildman–Crippen MR) is 81.9 cm³/mol. The predicted octanol–water partition coefficient (Wildman–Crippen LogP) is 3.95. The van der Waals surface area contributed by atoms with Crippen LogP contribution in [0.25, 0.3) is 0 Å². The summed E-state index contributed by atoms with van der Waals surface area (Å²) in [6.07, 6.45) is 0. The Labute approximate surface area is 125 Å². The minimum Gasteiger partial charge on any atom is -0.490 e. The van der Waals surface area contributed by atoms with E-state index in [1.54, 1.807) is 11.3 Å². The molecule has 1 aromatic carbocycles. The minimum atomic E-state index is 0.435. The third-order valence-electron chi connectivity index (χ3n) is 2.57. The lowest BCUT2D eigenvalue weighted by atomic mass is 10.2. The molecular weight excluding hydrogens is 326 g/mol. The Bertz CT molecular complexity index is 542. The van der Waals surface area contributed by atoms with Gasteiger partial charge in [0.25, 0.3) is 0 Å². The number of thiophene rings is 1. The van der Waals surface area contributed by atoms with Crippen LogP contribution in [0.5, 0.6) is 11.5 Å². The molecule has 1 heterocycles. The number of para-hydroxylation sites is 1. The maximum Gasteiger partial charge on any atom is 0.166 e. The van der Waals surface area contributed by atoms with Crippen molar-refractivity contribution in [3.63, 3.8) is 0 Å². The molecule has 5 heteroatoms. The lowest BCUT2D eigenvalue weighted by Crippen LogP contribution is -2.05. The van der Waals surface area contributed by atoms with E-state index in [1.807, 2.05) is 37.3 Å². The molecule has 0 saturated heterocycles. The highest BCUT2D eigenvalue weighted by Crippen LogP contribution is 2.32. The molecule has 1 aromatic heterocycles. The molecule has 2 N–H and O–H groups in total. The first-order valence-electron chi connectivity index (χ1n) is 6.06. The summed E-state index contributed by atoms with van der Waals surface area (Å²) in [7, 11) is 0. The Balaban J connectivity index is 2.17. The number of benzene rings is 1. The van der Waals surface area contributed by atoms with E-state index in [0.29, 0.717) is 19.8 Å². The monoisotopic (exact) mass is 341 g/mol. The summed E-state index contributed by atoms with van der Waals surface area (Å²) < 4.78 is 12.6. The molecule has 0 aliphatic rings. The summed E-state index contributed by atoms with van der Waals surface area (Å²) in [4.78, 5) is 1.15. The van der Waals surface area contributed by atoms with Crippen LogP contribution in [0.15, 0.2) is 34.1 Å². The SMILES string of the molecule is CCOc1cccc(CN)c1OCc1ccc(Br)s1. The first-order chi connectivity index (χ1) is 9.24. The van der Waals surface area contributed by atoms with E-state index in [4.69, 9.17) is 15.2 Å². The first kappa shape index (κ1) is 14.4. The average Bonchev–Trinajstić information content (AvgIpc) is 2.83. The molecule has 0 bridgehead atoms. The van der Waals surface area contributed by atoms with Crippen LogP contribution in [0.1, 0.15) is 17.4 Å². The highest BCUT2D eigenvalue weighted by Gasteiger charge is 2.10. The Morgan fingerprint density at radius 3 is 2.68 bits per heavy atom. The second-order valence-electron chi connectivity index (χ2n) is 3.88. The molecule has 3 nitrogen and oxygen atoms in total. The summed E-state index contributed by atoms with van der Waals surface area (Å²) in [5.74, 6) is 1.50. The van der Waals surface area contributed by atoms with E-state index in [0.717, 1.165) is 25.7 Å². The molecule has 0 aliphatic heterocycles. The smallest absolute Gasteiger partial charge is 0.166 e. The Morgan fingerprint density at radius 1 is 1.21 bits per heavy atom. The zero-order valence-corrected chi connectivity index (χ0v) is 13.1. The molecule has 0 spiro atoms. The van der Waals surface area contributed by atoms with E-state index in [1.165, 1.54) is 0 Å². The van der Waals surface area contributed by atoms with Crippen LogP contribution < -0.4 is 15.2 Å². The largest absolute Gasteiger partial charge is 0.490 e. The average molecular weight is 342 g/mol. The molecule has 19 heavy (non-hydrogen) atoms. The fourth-order valence-electron chi connectivity index (χ4n) is 1.73. The van der Waals surface area contributed by atoms with Crippen molar-refractivity contribution >= 4 is 27.3 Å². The molecule has 102 valence electrons. The number of rotatable bonds is 6. The highest BCUT2D eigenvalue weighted by molar-refractivity contribution is 9.11. The van der Waals surface area contributed by atoms with Crippen molar-refractivity contribution in [2.45, 2.75) is 20.1 Å². The van der Waals surface area contributed by atoms with E-state index in [2.05, 4.69) is 15.9 Å². The topological polar surface area (TPSA) is 44.5 Å². The van der Waals surface area contributed by atoms with Gasteiger partial charge in [0.15, 0.2) is 11.5 Å². The third kappa shape index (κ3) is 3.72. The van der Waals surface area contributed by atoms with Crippen molar-refractivity contribution in [1.29, 1.82) is 0 Å². The molecular formula is C14H16BrNO2S. The fourth-order valence-corrected chi connectivity index (χ4v) is 3.12. The Kier molecular flexibility index (Phi) is 5.24.